The van der Waals surface area contributed by atoms with E-state index in [0.29, 0.717) is 12.8 Å². The summed E-state index contributed by atoms with van der Waals surface area (Å²) in [5.41, 5.74) is 0.937. The number of carbonyl (C=O) groups is 3. The van der Waals surface area contributed by atoms with Crippen LogP contribution in [0.4, 0.5) is 0 Å². The lowest BCUT2D eigenvalue weighted by molar-refractivity contribution is -0.141. The first-order valence-electron chi connectivity index (χ1n) is 13.3. The Morgan fingerprint density at radius 3 is 1.82 bits per heavy atom. The smallest absolute Gasteiger partial charge is 0.304 e. The Hall–Kier alpha value is -2.37. The lowest BCUT2D eigenvalue weighted by Gasteiger charge is -2.21. The number of carbonyl (C=O) groups excluding carboxylic acids is 2. The van der Waals surface area contributed by atoms with E-state index in [9.17, 15) is 19.5 Å². The van der Waals surface area contributed by atoms with Gasteiger partial charge in [-0.2, -0.15) is 0 Å². The molecule has 1 aromatic carbocycles. The maximum atomic E-state index is 12.9. The van der Waals surface area contributed by atoms with Crippen LogP contribution in [0.25, 0.3) is 0 Å². The zero-order chi connectivity index (χ0) is 25.0. The first kappa shape index (κ1) is 29.7. The van der Waals surface area contributed by atoms with Gasteiger partial charge in [0.2, 0.25) is 11.8 Å². The van der Waals surface area contributed by atoms with Crippen LogP contribution >= 0.6 is 0 Å². The highest BCUT2D eigenvalue weighted by molar-refractivity contribution is 5.89. The van der Waals surface area contributed by atoms with Crippen molar-refractivity contribution in [3.05, 3.63) is 35.9 Å². The second kappa shape index (κ2) is 19.0. The fraction of sp³-hybridized carbons (Fsp3) is 0.679. The van der Waals surface area contributed by atoms with E-state index >= 15 is 0 Å². The second-order valence-corrected chi connectivity index (χ2v) is 9.34. The van der Waals surface area contributed by atoms with Gasteiger partial charge < -0.3 is 15.7 Å². The number of amides is 2. The average molecular weight is 475 g/mol. The predicted octanol–water partition coefficient (Wildman–Crippen LogP) is 5.64. The summed E-state index contributed by atoms with van der Waals surface area (Å²) in [6.45, 7) is 2.24. The van der Waals surface area contributed by atoms with E-state index in [0.717, 1.165) is 24.8 Å². The number of nitrogens with one attached hydrogen (secondary N) is 2. The van der Waals surface area contributed by atoms with Crippen molar-refractivity contribution < 1.29 is 19.5 Å². The van der Waals surface area contributed by atoms with Gasteiger partial charge in [0, 0.05) is 19.4 Å². The molecule has 0 aliphatic heterocycles. The monoisotopic (exact) mass is 474 g/mol. The molecule has 0 radical (unpaired) electrons. The highest BCUT2D eigenvalue weighted by atomic mass is 16.4. The van der Waals surface area contributed by atoms with Gasteiger partial charge in [-0.25, -0.2) is 0 Å². The number of unbranched alkanes of at least 4 members (excludes halogenated alkanes) is 11. The molecule has 0 saturated carbocycles. The summed E-state index contributed by atoms with van der Waals surface area (Å²) in [4.78, 5) is 36.5. The topological polar surface area (TPSA) is 95.5 Å². The molecule has 2 amide bonds. The number of rotatable bonds is 20. The van der Waals surface area contributed by atoms with E-state index in [4.69, 9.17) is 0 Å². The molecule has 0 aromatic heterocycles. The molecule has 1 rings (SSSR count). The molecule has 34 heavy (non-hydrogen) atoms. The molecule has 192 valence electrons. The maximum Gasteiger partial charge on any atom is 0.304 e. The average Bonchev–Trinajstić information content (AvgIpc) is 2.83. The number of carboxylic acid groups (broad SMARTS) is 1. The van der Waals surface area contributed by atoms with Gasteiger partial charge in [0.1, 0.15) is 6.04 Å². The summed E-state index contributed by atoms with van der Waals surface area (Å²) < 4.78 is 0. The van der Waals surface area contributed by atoms with E-state index in [1.807, 2.05) is 30.3 Å². The minimum atomic E-state index is -0.987. The van der Waals surface area contributed by atoms with Crippen molar-refractivity contribution in [3.8, 4) is 0 Å². The minimum absolute atomic E-state index is 0.213. The Bertz CT molecular complexity index is 693. The van der Waals surface area contributed by atoms with Gasteiger partial charge in [-0.3, -0.25) is 14.4 Å². The van der Waals surface area contributed by atoms with Crippen molar-refractivity contribution in [2.75, 3.05) is 7.05 Å². The van der Waals surface area contributed by atoms with Crippen LogP contribution in [0.1, 0.15) is 102 Å². The third-order valence-electron chi connectivity index (χ3n) is 6.36. The van der Waals surface area contributed by atoms with Crippen LogP contribution in [0.5, 0.6) is 0 Å². The van der Waals surface area contributed by atoms with Crippen molar-refractivity contribution in [3.63, 3.8) is 0 Å². The Balaban J connectivity index is 2.39. The predicted molar refractivity (Wildman–Crippen MR) is 138 cm³/mol. The van der Waals surface area contributed by atoms with E-state index in [2.05, 4.69) is 17.6 Å². The summed E-state index contributed by atoms with van der Waals surface area (Å²) in [7, 11) is 1.54. The van der Waals surface area contributed by atoms with Crippen LogP contribution in [0, 0.1) is 5.92 Å². The summed E-state index contributed by atoms with van der Waals surface area (Å²) >= 11 is 0. The van der Waals surface area contributed by atoms with E-state index in [-0.39, 0.29) is 18.2 Å². The van der Waals surface area contributed by atoms with Gasteiger partial charge in [0.25, 0.3) is 0 Å². The quantitative estimate of drug-likeness (QED) is 0.213. The third kappa shape index (κ3) is 14.0. The zero-order valence-electron chi connectivity index (χ0n) is 21.3. The second-order valence-electron chi connectivity index (χ2n) is 9.34. The van der Waals surface area contributed by atoms with Crippen molar-refractivity contribution in [2.24, 2.45) is 5.92 Å². The highest BCUT2D eigenvalue weighted by Gasteiger charge is 2.26. The molecule has 0 aliphatic carbocycles. The molecule has 0 fully saturated rings. The number of hydrogen-bond acceptors (Lipinski definition) is 3. The van der Waals surface area contributed by atoms with Crippen LogP contribution in [-0.4, -0.2) is 36.0 Å². The zero-order valence-corrected chi connectivity index (χ0v) is 21.3. The minimum Gasteiger partial charge on any atom is -0.481 e. The van der Waals surface area contributed by atoms with Gasteiger partial charge in [0.15, 0.2) is 0 Å². The highest BCUT2D eigenvalue weighted by Crippen LogP contribution is 2.18. The van der Waals surface area contributed by atoms with Gasteiger partial charge in [-0.1, -0.05) is 114 Å². The molecular formula is C28H46N2O4. The fourth-order valence-corrected chi connectivity index (χ4v) is 4.29. The van der Waals surface area contributed by atoms with Crippen LogP contribution in [0.15, 0.2) is 30.3 Å². The number of likely N-dealkylation sites (N-methyl/N-ethyl adjacent to an activating group) is 1. The Kier molecular flexibility index (Phi) is 16.6. The maximum absolute atomic E-state index is 12.9. The number of carboxylic acids is 1. The summed E-state index contributed by atoms with van der Waals surface area (Å²) in [5, 5.41) is 14.7. The first-order valence-corrected chi connectivity index (χ1v) is 13.3. The largest absolute Gasteiger partial charge is 0.481 e. The van der Waals surface area contributed by atoms with E-state index < -0.39 is 17.9 Å². The van der Waals surface area contributed by atoms with Gasteiger partial charge in [-0.15, -0.1) is 0 Å². The molecule has 0 aliphatic rings. The van der Waals surface area contributed by atoms with Crippen molar-refractivity contribution in [2.45, 2.75) is 109 Å². The number of aliphatic carboxylic acids is 1. The van der Waals surface area contributed by atoms with Crippen LogP contribution < -0.4 is 10.6 Å². The van der Waals surface area contributed by atoms with Crippen LogP contribution in [0.2, 0.25) is 0 Å². The SMILES string of the molecule is CCCCCCCCCCCCCCC(CC(=O)O)C(=O)N[C@@H](Cc1ccccc1)C(=O)NC. The summed E-state index contributed by atoms with van der Waals surface area (Å²) in [6.07, 6.45) is 15.4. The molecule has 2 atom stereocenters. The van der Waals surface area contributed by atoms with Gasteiger partial charge in [-0.05, 0) is 12.0 Å². The molecule has 0 saturated heterocycles. The number of benzene rings is 1. The molecule has 0 spiro atoms. The van der Waals surface area contributed by atoms with Gasteiger partial charge in [0.05, 0.1) is 6.42 Å². The molecule has 1 aromatic rings. The molecule has 6 heteroatoms. The van der Waals surface area contributed by atoms with Crippen molar-refractivity contribution >= 4 is 17.8 Å². The van der Waals surface area contributed by atoms with E-state index in [1.165, 1.54) is 64.8 Å². The first-order chi connectivity index (χ1) is 16.5. The van der Waals surface area contributed by atoms with Crippen molar-refractivity contribution in [1.82, 2.24) is 10.6 Å². The van der Waals surface area contributed by atoms with Crippen LogP contribution in [0.3, 0.4) is 0 Å². The summed E-state index contributed by atoms with van der Waals surface area (Å²) in [5.74, 6) is -2.24. The molecule has 0 heterocycles. The van der Waals surface area contributed by atoms with Gasteiger partial charge >= 0.3 is 5.97 Å². The summed E-state index contributed by atoms with van der Waals surface area (Å²) in [6, 6.07) is 8.76. The fourth-order valence-electron chi connectivity index (χ4n) is 4.29. The molecule has 6 nitrogen and oxygen atoms in total. The lowest BCUT2D eigenvalue weighted by atomic mass is 9.95. The molecule has 1 unspecified atom stereocenters. The Morgan fingerprint density at radius 1 is 0.794 bits per heavy atom. The standard InChI is InChI=1S/C28H46N2O4/c1-3-4-5-6-7-8-9-10-11-12-13-17-20-24(22-26(31)32)27(33)30-25(28(34)29-2)21-23-18-15-14-16-19-23/h14-16,18-19,24-25H,3-13,17,20-22H2,1-2H3,(H,29,34)(H,30,33)(H,31,32)/t24?,25-/m0/s1. The number of hydrogen-bond donors (Lipinski definition) is 3. The normalized spacial score (nSPS) is 12.6. The molecule has 3 N–H and O–H groups in total. The van der Waals surface area contributed by atoms with Crippen molar-refractivity contribution in [1.29, 1.82) is 0 Å². The lowest BCUT2D eigenvalue weighted by Crippen LogP contribution is -2.49. The molecular weight excluding hydrogens is 428 g/mol. The van der Waals surface area contributed by atoms with E-state index in [1.54, 1.807) is 0 Å². The van der Waals surface area contributed by atoms with Crippen LogP contribution in [-0.2, 0) is 20.8 Å². The Morgan fingerprint density at radius 2 is 1.32 bits per heavy atom. The molecule has 0 bridgehead atoms. The Labute approximate surface area is 206 Å². The third-order valence-corrected chi connectivity index (χ3v) is 6.36.